The predicted octanol–water partition coefficient (Wildman–Crippen LogP) is 1.71. The molecule has 0 spiro atoms. The monoisotopic (exact) mass is 142 g/mol. The zero-order chi connectivity index (χ0) is 7.98. The predicted molar refractivity (Wildman–Crippen MR) is 43.2 cm³/mol. The highest BCUT2D eigenvalue weighted by Crippen LogP contribution is 1.93. The molecule has 3 heteroatoms. The fraction of sp³-hybridized carbons (Fsp3) is 0.714. The lowest BCUT2D eigenvalue weighted by atomic mass is 10.1. The minimum Gasteiger partial charge on any atom is -0.411 e. The van der Waals surface area contributed by atoms with Gasteiger partial charge in [0.15, 0.2) is 0 Å². The van der Waals surface area contributed by atoms with Gasteiger partial charge in [-0.2, -0.15) is 0 Å². The quantitative estimate of drug-likeness (QED) is 0.364. The van der Waals surface area contributed by atoms with E-state index in [9.17, 15) is 0 Å². The molecule has 0 amide bonds. The molecule has 0 radical (unpaired) electrons. The second-order valence-corrected chi connectivity index (χ2v) is 1.92. The van der Waals surface area contributed by atoms with Gasteiger partial charge in [0.2, 0.25) is 0 Å². The van der Waals surface area contributed by atoms with Gasteiger partial charge in [0.1, 0.15) is 5.71 Å². The average molecular weight is 142 g/mol. The molecule has 0 heterocycles. The Morgan fingerprint density at radius 1 is 1.20 bits per heavy atom. The van der Waals surface area contributed by atoms with Gasteiger partial charge in [-0.15, -0.1) is 0 Å². The Bertz CT molecular complexity index is 132. The van der Waals surface area contributed by atoms with Crippen molar-refractivity contribution in [2.24, 2.45) is 10.1 Å². The van der Waals surface area contributed by atoms with Gasteiger partial charge >= 0.3 is 0 Å². The van der Waals surface area contributed by atoms with Crippen molar-refractivity contribution in [3.05, 3.63) is 0 Å². The standard InChI is InChI=1S/C7H14N2O/c1-4-6(8-3)7(5-2)9-10/h10H,4-5H2,1-3H3/b8-6+,9-7+. The SMILES string of the molecule is CCC(=N\C)/C(CC)=N/O. The molecule has 0 aliphatic heterocycles. The molecule has 3 nitrogen and oxygen atoms in total. The van der Waals surface area contributed by atoms with Crippen LogP contribution in [0.1, 0.15) is 26.7 Å². The van der Waals surface area contributed by atoms with Crippen LogP contribution in [-0.2, 0) is 0 Å². The highest BCUT2D eigenvalue weighted by Gasteiger charge is 2.02. The molecule has 10 heavy (non-hydrogen) atoms. The lowest BCUT2D eigenvalue weighted by Crippen LogP contribution is -2.11. The molecule has 0 aliphatic rings. The summed E-state index contributed by atoms with van der Waals surface area (Å²) in [7, 11) is 1.71. The fourth-order valence-electron chi connectivity index (χ4n) is 0.824. The normalized spacial score (nSPS) is 13.9. The molecular formula is C7H14N2O. The van der Waals surface area contributed by atoms with Crippen LogP contribution < -0.4 is 0 Å². The first-order valence-electron chi connectivity index (χ1n) is 3.47. The summed E-state index contributed by atoms with van der Waals surface area (Å²) < 4.78 is 0. The summed E-state index contributed by atoms with van der Waals surface area (Å²) in [5.74, 6) is 0. The van der Waals surface area contributed by atoms with Crippen molar-refractivity contribution in [3.63, 3.8) is 0 Å². The topological polar surface area (TPSA) is 45.0 Å². The molecule has 0 aromatic rings. The average Bonchev–Trinajstić information content (AvgIpc) is 2.00. The highest BCUT2D eigenvalue weighted by molar-refractivity contribution is 6.42. The van der Waals surface area contributed by atoms with Crippen LogP contribution in [0.4, 0.5) is 0 Å². The fourth-order valence-corrected chi connectivity index (χ4v) is 0.824. The van der Waals surface area contributed by atoms with Crippen LogP contribution in [-0.4, -0.2) is 23.7 Å². The molecule has 1 N–H and O–H groups in total. The largest absolute Gasteiger partial charge is 0.411 e. The van der Waals surface area contributed by atoms with Gasteiger partial charge in [-0.1, -0.05) is 19.0 Å². The van der Waals surface area contributed by atoms with E-state index in [2.05, 4.69) is 10.1 Å². The van der Waals surface area contributed by atoms with Crippen LogP contribution in [0.2, 0.25) is 0 Å². The molecule has 0 aromatic heterocycles. The summed E-state index contributed by atoms with van der Waals surface area (Å²) in [5, 5.41) is 11.6. The minimum absolute atomic E-state index is 0.685. The summed E-state index contributed by atoms with van der Waals surface area (Å²) in [6.07, 6.45) is 1.56. The van der Waals surface area contributed by atoms with Crippen molar-refractivity contribution in [2.75, 3.05) is 7.05 Å². The van der Waals surface area contributed by atoms with E-state index in [1.54, 1.807) is 7.05 Å². The summed E-state index contributed by atoms with van der Waals surface area (Å²) in [6.45, 7) is 3.93. The van der Waals surface area contributed by atoms with Gasteiger partial charge < -0.3 is 5.21 Å². The summed E-state index contributed by atoms with van der Waals surface area (Å²) in [5.41, 5.74) is 1.56. The number of hydrogen-bond acceptors (Lipinski definition) is 3. The van der Waals surface area contributed by atoms with Crippen LogP contribution in [0.25, 0.3) is 0 Å². The first-order chi connectivity index (χ1) is 4.79. The minimum atomic E-state index is 0.685. The summed E-state index contributed by atoms with van der Waals surface area (Å²) >= 11 is 0. The Hall–Kier alpha value is -0.860. The molecule has 0 bridgehead atoms. The van der Waals surface area contributed by atoms with E-state index >= 15 is 0 Å². The Balaban J connectivity index is 4.27. The van der Waals surface area contributed by atoms with Crippen molar-refractivity contribution in [1.29, 1.82) is 0 Å². The zero-order valence-electron chi connectivity index (χ0n) is 6.76. The van der Waals surface area contributed by atoms with Gasteiger partial charge in [0, 0.05) is 7.05 Å². The Morgan fingerprint density at radius 2 is 1.70 bits per heavy atom. The second-order valence-electron chi connectivity index (χ2n) is 1.92. The molecule has 0 fully saturated rings. The van der Waals surface area contributed by atoms with Crippen LogP contribution >= 0.6 is 0 Å². The Morgan fingerprint density at radius 3 is 1.80 bits per heavy atom. The Kier molecular flexibility index (Phi) is 4.54. The Labute approximate surface area is 61.5 Å². The van der Waals surface area contributed by atoms with Gasteiger partial charge in [-0.3, -0.25) is 4.99 Å². The molecule has 0 saturated carbocycles. The van der Waals surface area contributed by atoms with Crippen LogP contribution in [0.5, 0.6) is 0 Å². The van der Waals surface area contributed by atoms with Gasteiger partial charge in [-0.05, 0) is 12.8 Å². The molecule has 0 aromatic carbocycles. The molecule has 0 aliphatic carbocycles. The number of nitrogens with zero attached hydrogens (tertiary/aromatic N) is 2. The van der Waals surface area contributed by atoms with E-state index in [0.717, 1.165) is 18.6 Å². The van der Waals surface area contributed by atoms with E-state index in [-0.39, 0.29) is 0 Å². The molecule has 0 atom stereocenters. The molecule has 0 rings (SSSR count). The van der Waals surface area contributed by atoms with E-state index < -0.39 is 0 Å². The van der Waals surface area contributed by atoms with E-state index in [4.69, 9.17) is 5.21 Å². The smallest absolute Gasteiger partial charge is 0.100 e. The van der Waals surface area contributed by atoms with Gasteiger partial charge in [-0.25, -0.2) is 0 Å². The van der Waals surface area contributed by atoms with Gasteiger partial charge in [0.05, 0.1) is 5.71 Å². The molecular weight excluding hydrogens is 128 g/mol. The number of rotatable bonds is 3. The van der Waals surface area contributed by atoms with Crippen molar-refractivity contribution in [3.8, 4) is 0 Å². The van der Waals surface area contributed by atoms with Crippen LogP contribution in [0.15, 0.2) is 10.1 Å². The second kappa shape index (κ2) is 4.97. The molecule has 58 valence electrons. The van der Waals surface area contributed by atoms with Gasteiger partial charge in [0.25, 0.3) is 0 Å². The van der Waals surface area contributed by atoms with Crippen molar-refractivity contribution in [1.82, 2.24) is 0 Å². The third-order valence-corrected chi connectivity index (χ3v) is 1.39. The van der Waals surface area contributed by atoms with Crippen molar-refractivity contribution in [2.45, 2.75) is 26.7 Å². The van der Waals surface area contributed by atoms with E-state index in [1.165, 1.54) is 0 Å². The first kappa shape index (κ1) is 9.14. The summed E-state index contributed by atoms with van der Waals surface area (Å²) in [6, 6.07) is 0. The van der Waals surface area contributed by atoms with E-state index in [1.807, 2.05) is 13.8 Å². The summed E-state index contributed by atoms with van der Waals surface area (Å²) in [4.78, 5) is 3.97. The third-order valence-electron chi connectivity index (χ3n) is 1.39. The highest BCUT2D eigenvalue weighted by atomic mass is 16.4. The van der Waals surface area contributed by atoms with Crippen LogP contribution in [0, 0.1) is 0 Å². The van der Waals surface area contributed by atoms with Crippen molar-refractivity contribution < 1.29 is 5.21 Å². The number of oxime groups is 1. The molecule has 0 unspecified atom stereocenters. The first-order valence-corrected chi connectivity index (χ1v) is 3.47. The number of aliphatic imine (C=N–C) groups is 1. The number of hydrogen-bond donors (Lipinski definition) is 1. The van der Waals surface area contributed by atoms with E-state index in [0.29, 0.717) is 5.71 Å². The van der Waals surface area contributed by atoms with Crippen molar-refractivity contribution >= 4 is 11.4 Å². The van der Waals surface area contributed by atoms with Crippen LogP contribution in [0.3, 0.4) is 0 Å². The lowest BCUT2D eigenvalue weighted by molar-refractivity contribution is 0.319. The lowest BCUT2D eigenvalue weighted by Gasteiger charge is -2.00. The molecule has 0 saturated heterocycles. The maximum absolute atomic E-state index is 8.47. The third kappa shape index (κ3) is 2.17. The maximum atomic E-state index is 8.47. The zero-order valence-corrected chi connectivity index (χ0v) is 6.76. The maximum Gasteiger partial charge on any atom is 0.100 e.